The molecule has 8 nitrogen and oxygen atoms in total. The van der Waals surface area contributed by atoms with Crippen LogP contribution < -0.4 is 9.47 Å². The lowest BCUT2D eigenvalue weighted by Gasteiger charge is -2.35. The molecule has 0 saturated carbocycles. The summed E-state index contributed by atoms with van der Waals surface area (Å²) in [5.41, 5.74) is 2.47. The number of piperidine rings is 1. The fourth-order valence-corrected chi connectivity index (χ4v) is 5.00. The average Bonchev–Trinajstić information content (AvgIpc) is 3.45. The number of nitrogens with one attached hydrogen (secondary N) is 1. The molecule has 1 aromatic heterocycles. The molecule has 3 aromatic rings. The molecule has 0 unspecified atom stereocenters. The standard InChI is InChI=1S/C27H30N4O4/c1-27(2)24(18-6-8-22(34-3)23(16-18)35-4)29-31(26(27)33)20-10-13-30(14-11-20)25(32)19-5-7-21-17(15-19)9-12-28-21/h5-9,12,15-16,20,28H,10-11,13-14H2,1-4H3. The van der Waals surface area contributed by atoms with Crippen molar-refractivity contribution in [1.82, 2.24) is 14.9 Å². The topological polar surface area (TPSA) is 87.2 Å². The SMILES string of the molecule is COc1ccc(C2=NN(C3CCN(C(=O)c4ccc5[nH]ccc5c4)CC3)C(=O)C2(C)C)cc1OC. The summed E-state index contributed by atoms with van der Waals surface area (Å²) in [5.74, 6) is 1.22. The minimum absolute atomic E-state index is 0.0224. The van der Waals surface area contributed by atoms with Gasteiger partial charge in [0.05, 0.1) is 31.4 Å². The van der Waals surface area contributed by atoms with Gasteiger partial charge in [0.25, 0.3) is 11.8 Å². The van der Waals surface area contributed by atoms with Gasteiger partial charge in [-0.15, -0.1) is 0 Å². The highest BCUT2D eigenvalue weighted by Crippen LogP contribution is 2.37. The number of carbonyl (C=O) groups is 2. The molecule has 35 heavy (non-hydrogen) atoms. The first-order chi connectivity index (χ1) is 16.8. The third-order valence-corrected chi connectivity index (χ3v) is 7.10. The van der Waals surface area contributed by atoms with E-state index in [1.165, 1.54) is 0 Å². The highest BCUT2D eigenvalue weighted by Gasteiger charge is 2.47. The normalized spacial score (nSPS) is 18.2. The number of aromatic amines is 1. The summed E-state index contributed by atoms with van der Waals surface area (Å²) in [7, 11) is 3.18. The lowest BCUT2D eigenvalue weighted by atomic mass is 9.83. The van der Waals surface area contributed by atoms with E-state index in [0.29, 0.717) is 48.7 Å². The molecule has 0 atom stereocenters. The van der Waals surface area contributed by atoms with E-state index in [9.17, 15) is 9.59 Å². The molecule has 0 aliphatic carbocycles. The van der Waals surface area contributed by atoms with Gasteiger partial charge in [0, 0.05) is 41.3 Å². The Morgan fingerprint density at radius 2 is 1.77 bits per heavy atom. The van der Waals surface area contributed by atoms with E-state index in [2.05, 4.69) is 4.98 Å². The van der Waals surface area contributed by atoms with E-state index in [0.717, 1.165) is 16.5 Å². The maximum absolute atomic E-state index is 13.4. The molecule has 2 aromatic carbocycles. The van der Waals surface area contributed by atoms with Crippen LogP contribution in [0.25, 0.3) is 10.9 Å². The number of H-pyrrole nitrogens is 1. The van der Waals surface area contributed by atoms with Crippen LogP contribution in [0, 0.1) is 5.41 Å². The predicted molar refractivity (Wildman–Crippen MR) is 134 cm³/mol. The van der Waals surface area contributed by atoms with Crippen LogP contribution in [0.15, 0.2) is 53.8 Å². The number of nitrogens with zero attached hydrogens (tertiary/aromatic N) is 3. The summed E-state index contributed by atoms with van der Waals surface area (Å²) in [6, 6.07) is 13.2. The van der Waals surface area contributed by atoms with Crippen molar-refractivity contribution >= 4 is 28.4 Å². The molecule has 182 valence electrons. The second kappa shape index (κ2) is 8.76. The molecule has 2 aliphatic heterocycles. The lowest BCUT2D eigenvalue weighted by molar-refractivity contribution is -0.137. The van der Waals surface area contributed by atoms with Crippen molar-refractivity contribution in [2.75, 3.05) is 27.3 Å². The number of methoxy groups -OCH3 is 2. The summed E-state index contributed by atoms with van der Waals surface area (Å²) in [6.45, 7) is 4.97. The third-order valence-electron chi connectivity index (χ3n) is 7.10. The Morgan fingerprint density at radius 3 is 2.49 bits per heavy atom. The molecule has 0 bridgehead atoms. The number of ether oxygens (including phenoxy) is 2. The monoisotopic (exact) mass is 474 g/mol. The molecule has 5 rings (SSSR count). The molecule has 1 fully saturated rings. The number of amides is 2. The van der Waals surface area contributed by atoms with E-state index >= 15 is 0 Å². The zero-order valence-electron chi connectivity index (χ0n) is 20.5. The first kappa shape index (κ1) is 23.0. The van der Waals surface area contributed by atoms with Gasteiger partial charge in [-0.25, -0.2) is 5.01 Å². The molecule has 2 amide bonds. The number of benzene rings is 2. The quantitative estimate of drug-likeness (QED) is 0.604. The largest absolute Gasteiger partial charge is 0.493 e. The van der Waals surface area contributed by atoms with Crippen LogP contribution in [0.5, 0.6) is 11.5 Å². The van der Waals surface area contributed by atoms with Crippen LogP contribution in [0.1, 0.15) is 42.6 Å². The zero-order chi connectivity index (χ0) is 24.7. The molecular weight excluding hydrogens is 444 g/mol. The Hall–Kier alpha value is -3.81. The molecule has 1 N–H and O–H groups in total. The number of hydrogen-bond donors (Lipinski definition) is 1. The Morgan fingerprint density at radius 1 is 1.03 bits per heavy atom. The van der Waals surface area contributed by atoms with Gasteiger partial charge in [0.15, 0.2) is 11.5 Å². The maximum atomic E-state index is 13.4. The predicted octanol–water partition coefficient (Wildman–Crippen LogP) is 4.06. The van der Waals surface area contributed by atoms with E-state index in [1.54, 1.807) is 19.2 Å². The first-order valence-corrected chi connectivity index (χ1v) is 11.8. The van der Waals surface area contributed by atoms with Gasteiger partial charge in [-0.1, -0.05) is 0 Å². The molecule has 2 aliphatic rings. The van der Waals surface area contributed by atoms with E-state index in [1.807, 2.05) is 67.4 Å². The van der Waals surface area contributed by atoms with Crippen LogP contribution >= 0.6 is 0 Å². The van der Waals surface area contributed by atoms with Crippen molar-refractivity contribution in [2.45, 2.75) is 32.7 Å². The second-order valence-electron chi connectivity index (χ2n) is 9.60. The number of carbonyl (C=O) groups excluding carboxylic acids is 2. The van der Waals surface area contributed by atoms with Crippen LogP contribution in [0.3, 0.4) is 0 Å². The van der Waals surface area contributed by atoms with Crippen molar-refractivity contribution < 1.29 is 19.1 Å². The molecular formula is C27H30N4O4. The fraction of sp³-hybridized carbons (Fsp3) is 0.370. The van der Waals surface area contributed by atoms with Gasteiger partial charge in [0.1, 0.15) is 0 Å². The summed E-state index contributed by atoms with van der Waals surface area (Å²) >= 11 is 0. The Balaban J connectivity index is 1.32. The molecule has 8 heteroatoms. The van der Waals surface area contributed by atoms with E-state index in [4.69, 9.17) is 14.6 Å². The zero-order valence-corrected chi connectivity index (χ0v) is 20.5. The van der Waals surface area contributed by atoms with Crippen LogP contribution in [0.2, 0.25) is 0 Å². The number of rotatable bonds is 5. The Bertz CT molecular complexity index is 1320. The van der Waals surface area contributed by atoms with Crippen LogP contribution in [0.4, 0.5) is 0 Å². The highest BCUT2D eigenvalue weighted by molar-refractivity contribution is 6.19. The van der Waals surface area contributed by atoms with E-state index in [-0.39, 0.29) is 17.9 Å². The Kier molecular flexibility index (Phi) is 5.75. The van der Waals surface area contributed by atoms with Crippen molar-refractivity contribution in [3.8, 4) is 11.5 Å². The summed E-state index contributed by atoms with van der Waals surface area (Å²) in [6.07, 6.45) is 3.24. The lowest BCUT2D eigenvalue weighted by Crippen LogP contribution is -2.47. The van der Waals surface area contributed by atoms with Gasteiger partial charge < -0.3 is 19.4 Å². The smallest absolute Gasteiger partial charge is 0.254 e. The minimum Gasteiger partial charge on any atom is -0.493 e. The van der Waals surface area contributed by atoms with Gasteiger partial charge >= 0.3 is 0 Å². The van der Waals surface area contributed by atoms with Crippen LogP contribution in [-0.2, 0) is 4.79 Å². The van der Waals surface area contributed by atoms with E-state index < -0.39 is 5.41 Å². The van der Waals surface area contributed by atoms with Crippen molar-refractivity contribution in [2.24, 2.45) is 10.5 Å². The van der Waals surface area contributed by atoms with Gasteiger partial charge in [-0.3, -0.25) is 9.59 Å². The maximum Gasteiger partial charge on any atom is 0.254 e. The van der Waals surface area contributed by atoms with Crippen molar-refractivity contribution in [1.29, 1.82) is 0 Å². The average molecular weight is 475 g/mol. The number of hydrogen-bond acceptors (Lipinski definition) is 5. The second-order valence-corrected chi connectivity index (χ2v) is 9.60. The van der Waals surface area contributed by atoms with Crippen molar-refractivity contribution in [3.05, 3.63) is 59.8 Å². The highest BCUT2D eigenvalue weighted by atomic mass is 16.5. The van der Waals surface area contributed by atoms with Crippen LogP contribution in [-0.4, -0.2) is 65.8 Å². The first-order valence-electron chi connectivity index (χ1n) is 11.8. The van der Waals surface area contributed by atoms with Gasteiger partial charge in [-0.05, 0) is 69.2 Å². The summed E-state index contributed by atoms with van der Waals surface area (Å²) in [5, 5.41) is 7.46. The van der Waals surface area contributed by atoms with Gasteiger partial charge in [-0.2, -0.15) is 5.10 Å². The van der Waals surface area contributed by atoms with Gasteiger partial charge in [0.2, 0.25) is 0 Å². The molecule has 0 radical (unpaired) electrons. The summed E-state index contributed by atoms with van der Waals surface area (Å²) in [4.78, 5) is 31.5. The Labute approximate surface area is 204 Å². The van der Waals surface area contributed by atoms with Crippen molar-refractivity contribution in [3.63, 3.8) is 0 Å². The number of fused-ring (bicyclic) bond motifs is 1. The molecule has 1 saturated heterocycles. The fourth-order valence-electron chi connectivity index (χ4n) is 5.00. The number of aromatic nitrogens is 1. The molecule has 3 heterocycles. The molecule has 0 spiro atoms. The minimum atomic E-state index is -0.765. The third kappa shape index (κ3) is 3.92. The number of likely N-dealkylation sites (tertiary alicyclic amines) is 1. The summed E-state index contributed by atoms with van der Waals surface area (Å²) < 4.78 is 10.8. The number of hydrazone groups is 1.